The minimum atomic E-state index is -3.81. The zero-order valence-corrected chi connectivity index (χ0v) is 16.8. The van der Waals surface area contributed by atoms with Gasteiger partial charge in [-0.3, -0.25) is 0 Å². The molecule has 0 bridgehead atoms. The number of aryl methyl sites for hydroxylation is 1. The first-order valence-electron chi connectivity index (χ1n) is 9.00. The summed E-state index contributed by atoms with van der Waals surface area (Å²) in [5.74, 6) is 0. The summed E-state index contributed by atoms with van der Waals surface area (Å²) in [5, 5.41) is 3.20. The van der Waals surface area contributed by atoms with Crippen molar-refractivity contribution in [2.45, 2.75) is 46.9 Å². The molecule has 0 unspecified atom stereocenters. The molecular weight excluding hydrogens is 384 g/mol. The molecule has 0 amide bonds. The first-order chi connectivity index (χ1) is 12.8. The fourth-order valence-electron chi connectivity index (χ4n) is 3.20. The second-order valence-corrected chi connectivity index (χ2v) is 10.2. The molecule has 146 valence electrons. The predicted molar refractivity (Wildman–Crippen MR) is 104 cm³/mol. The molecule has 0 aliphatic carbocycles. The largest absolute Gasteiger partial charge is 0.317 e. The van der Waals surface area contributed by atoms with E-state index in [-0.39, 0.29) is 20.7 Å². The van der Waals surface area contributed by atoms with Gasteiger partial charge in [-0.2, -0.15) is 0 Å². The van der Waals surface area contributed by atoms with Crippen LogP contribution in [0.4, 0.5) is 0 Å². The van der Waals surface area contributed by atoms with Gasteiger partial charge in [0.15, 0.2) is 0 Å². The van der Waals surface area contributed by atoms with Crippen molar-refractivity contribution in [3.05, 3.63) is 54.1 Å². The summed E-state index contributed by atoms with van der Waals surface area (Å²) in [6.07, 6.45) is 1.92. The maximum absolute atomic E-state index is 13.0. The van der Waals surface area contributed by atoms with E-state index in [4.69, 9.17) is 0 Å². The Kier molecular flexibility index (Phi) is 6.00. The lowest BCUT2D eigenvalue weighted by Gasteiger charge is -2.24. The van der Waals surface area contributed by atoms with Gasteiger partial charge in [0.25, 0.3) is 0 Å². The van der Waals surface area contributed by atoms with E-state index in [9.17, 15) is 16.8 Å². The maximum atomic E-state index is 13.0. The number of nitrogens with one attached hydrogen (secondary N) is 2. The van der Waals surface area contributed by atoms with Crippen molar-refractivity contribution in [1.29, 1.82) is 0 Å². The van der Waals surface area contributed by atoms with Crippen molar-refractivity contribution in [3.63, 3.8) is 0 Å². The van der Waals surface area contributed by atoms with Crippen molar-refractivity contribution in [2.24, 2.45) is 0 Å². The zero-order valence-electron chi connectivity index (χ0n) is 15.2. The molecule has 27 heavy (non-hydrogen) atoms. The van der Waals surface area contributed by atoms with Gasteiger partial charge in [-0.1, -0.05) is 31.2 Å². The van der Waals surface area contributed by atoms with E-state index in [0.29, 0.717) is 24.8 Å². The van der Waals surface area contributed by atoms with Crippen LogP contribution in [0.15, 0.2) is 63.2 Å². The summed E-state index contributed by atoms with van der Waals surface area (Å²) in [6.45, 7) is 3.37. The SMILES string of the molecule is CCc1ccc(S(=O)(=O)c2ccccc2)cc1S(=O)(=O)NC1CCNCC1. The van der Waals surface area contributed by atoms with Crippen molar-refractivity contribution >= 4 is 19.9 Å². The molecule has 0 saturated carbocycles. The summed E-state index contributed by atoms with van der Waals surface area (Å²) in [5.41, 5.74) is 0.600. The van der Waals surface area contributed by atoms with Gasteiger partial charge in [-0.15, -0.1) is 0 Å². The second-order valence-electron chi connectivity index (χ2n) is 6.59. The molecule has 0 aromatic heterocycles. The van der Waals surface area contributed by atoms with Crippen LogP contribution in [-0.4, -0.2) is 36.0 Å². The Bertz CT molecular complexity index is 997. The standard InChI is InChI=1S/C19H24N2O4S2/c1-2-15-8-9-18(26(22,23)17-6-4-3-5-7-17)14-19(15)27(24,25)21-16-10-12-20-13-11-16/h3-9,14,16,20-21H,2,10-13H2,1H3. The number of rotatable bonds is 6. The van der Waals surface area contributed by atoms with Crippen LogP contribution in [0.2, 0.25) is 0 Å². The Balaban J connectivity index is 2.01. The van der Waals surface area contributed by atoms with Gasteiger partial charge in [-0.25, -0.2) is 21.6 Å². The second kappa shape index (κ2) is 8.10. The van der Waals surface area contributed by atoms with Gasteiger partial charge >= 0.3 is 0 Å². The van der Waals surface area contributed by atoms with Crippen LogP contribution in [0, 0.1) is 0 Å². The van der Waals surface area contributed by atoms with Crippen molar-refractivity contribution in [2.75, 3.05) is 13.1 Å². The molecule has 1 fully saturated rings. The highest BCUT2D eigenvalue weighted by atomic mass is 32.2. The van der Waals surface area contributed by atoms with Crippen molar-refractivity contribution < 1.29 is 16.8 Å². The average molecular weight is 409 g/mol. The monoisotopic (exact) mass is 408 g/mol. The lowest BCUT2D eigenvalue weighted by molar-refractivity contribution is 0.427. The molecule has 6 nitrogen and oxygen atoms in total. The summed E-state index contributed by atoms with van der Waals surface area (Å²) in [7, 11) is -7.59. The minimum Gasteiger partial charge on any atom is -0.317 e. The van der Waals surface area contributed by atoms with Gasteiger partial charge in [0, 0.05) is 6.04 Å². The van der Waals surface area contributed by atoms with E-state index >= 15 is 0 Å². The molecule has 1 heterocycles. The van der Waals surface area contributed by atoms with E-state index in [1.54, 1.807) is 24.3 Å². The van der Waals surface area contributed by atoms with Crippen LogP contribution >= 0.6 is 0 Å². The molecule has 0 spiro atoms. The summed E-state index contributed by atoms with van der Waals surface area (Å²) in [4.78, 5) is 0.168. The molecule has 3 rings (SSSR count). The van der Waals surface area contributed by atoms with Crippen LogP contribution in [0.1, 0.15) is 25.3 Å². The third-order valence-electron chi connectivity index (χ3n) is 4.73. The first kappa shape index (κ1) is 20.0. The van der Waals surface area contributed by atoms with Gasteiger partial charge in [0.2, 0.25) is 19.9 Å². The van der Waals surface area contributed by atoms with E-state index in [1.165, 1.54) is 24.3 Å². The maximum Gasteiger partial charge on any atom is 0.241 e. The molecule has 1 aliphatic heterocycles. The fraction of sp³-hybridized carbons (Fsp3) is 0.368. The molecule has 0 atom stereocenters. The molecule has 2 aromatic carbocycles. The third-order valence-corrected chi connectivity index (χ3v) is 8.10. The van der Waals surface area contributed by atoms with E-state index < -0.39 is 19.9 Å². The number of hydrogen-bond acceptors (Lipinski definition) is 5. The van der Waals surface area contributed by atoms with Crippen molar-refractivity contribution in [1.82, 2.24) is 10.0 Å². The normalized spacial score (nSPS) is 16.3. The number of hydrogen-bond donors (Lipinski definition) is 2. The molecule has 1 saturated heterocycles. The quantitative estimate of drug-likeness (QED) is 0.764. The number of sulfonamides is 1. The smallest absolute Gasteiger partial charge is 0.241 e. The highest BCUT2D eigenvalue weighted by molar-refractivity contribution is 7.91. The lowest BCUT2D eigenvalue weighted by Crippen LogP contribution is -2.42. The molecule has 2 aromatic rings. The van der Waals surface area contributed by atoms with E-state index in [1.807, 2.05) is 6.92 Å². The first-order valence-corrected chi connectivity index (χ1v) is 12.0. The Labute approximate surface area is 161 Å². The van der Waals surface area contributed by atoms with Crippen LogP contribution in [-0.2, 0) is 26.3 Å². The minimum absolute atomic E-state index is 0.0171. The van der Waals surface area contributed by atoms with Crippen LogP contribution in [0.5, 0.6) is 0 Å². The Morgan fingerprint density at radius 2 is 1.63 bits per heavy atom. The number of sulfone groups is 1. The Hall–Kier alpha value is -1.74. The summed E-state index contributed by atoms with van der Waals surface area (Å²) < 4.78 is 54.4. The van der Waals surface area contributed by atoms with Crippen LogP contribution in [0.25, 0.3) is 0 Å². The molecule has 1 aliphatic rings. The molecule has 0 radical (unpaired) electrons. The average Bonchev–Trinajstić information content (AvgIpc) is 2.68. The predicted octanol–water partition coefficient (Wildman–Crippen LogP) is 2.11. The molecular formula is C19H24N2O4S2. The van der Waals surface area contributed by atoms with Gasteiger partial charge in [0.1, 0.15) is 0 Å². The lowest BCUT2D eigenvalue weighted by atomic mass is 10.1. The van der Waals surface area contributed by atoms with Gasteiger partial charge in [0.05, 0.1) is 14.7 Å². The summed E-state index contributed by atoms with van der Waals surface area (Å²) >= 11 is 0. The number of benzene rings is 2. The van der Waals surface area contributed by atoms with Gasteiger partial charge in [-0.05, 0) is 62.2 Å². The fourth-order valence-corrected chi connectivity index (χ4v) is 6.23. The molecule has 2 N–H and O–H groups in total. The number of piperidine rings is 1. The van der Waals surface area contributed by atoms with Crippen LogP contribution in [0.3, 0.4) is 0 Å². The highest BCUT2D eigenvalue weighted by Crippen LogP contribution is 2.26. The summed E-state index contributed by atoms with van der Waals surface area (Å²) in [6, 6.07) is 12.2. The Morgan fingerprint density at radius 3 is 2.26 bits per heavy atom. The highest BCUT2D eigenvalue weighted by Gasteiger charge is 2.26. The Morgan fingerprint density at radius 1 is 0.963 bits per heavy atom. The molecule has 8 heteroatoms. The van der Waals surface area contributed by atoms with Gasteiger partial charge < -0.3 is 5.32 Å². The van der Waals surface area contributed by atoms with Crippen molar-refractivity contribution in [3.8, 4) is 0 Å². The van der Waals surface area contributed by atoms with E-state index in [2.05, 4.69) is 10.0 Å². The third kappa shape index (κ3) is 4.40. The zero-order chi connectivity index (χ0) is 19.5. The van der Waals surface area contributed by atoms with E-state index in [0.717, 1.165) is 13.1 Å². The topological polar surface area (TPSA) is 92.3 Å². The van der Waals surface area contributed by atoms with Crippen LogP contribution < -0.4 is 10.0 Å².